The highest BCUT2D eigenvalue weighted by molar-refractivity contribution is 6.04. The Bertz CT molecular complexity index is 666. The molecule has 128 valence electrons. The minimum atomic E-state index is -1.04. The van der Waals surface area contributed by atoms with E-state index in [0.717, 1.165) is 16.0 Å². The second-order valence-electron chi connectivity index (χ2n) is 5.74. The van der Waals surface area contributed by atoms with Gasteiger partial charge in [0.25, 0.3) is 5.91 Å². The molecule has 3 amide bonds. The highest BCUT2D eigenvalue weighted by Gasteiger charge is 2.47. The number of carbonyl (C=O) groups excluding carboxylic acids is 2. The van der Waals surface area contributed by atoms with Crippen molar-refractivity contribution >= 4 is 17.9 Å². The van der Waals surface area contributed by atoms with Crippen LogP contribution in [-0.2, 0) is 22.6 Å². The van der Waals surface area contributed by atoms with E-state index in [0.29, 0.717) is 17.9 Å². The Morgan fingerprint density at radius 2 is 1.83 bits per heavy atom. The average molecular weight is 334 g/mol. The summed E-state index contributed by atoms with van der Waals surface area (Å²) in [4.78, 5) is 38.1. The number of hydrogen-bond donors (Lipinski definition) is 1. The lowest BCUT2D eigenvalue weighted by molar-refractivity contribution is -0.137. The Hall–Kier alpha value is -2.77. The van der Waals surface area contributed by atoms with E-state index in [9.17, 15) is 14.4 Å². The van der Waals surface area contributed by atoms with Gasteiger partial charge in [0.2, 0.25) is 0 Å². The lowest BCUT2D eigenvalue weighted by Crippen LogP contribution is -2.40. The SMILES string of the molecule is COc1cc2c(cc1OC)CN1C(=O)N(CCC(=O)O)C(=O)[C@H]1C2. The molecule has 3 rings (SSSR count). The van der Waals surface area contributed by atoms with Crippen molar-refractivity contribution in [1.29, 1.82) is 0 Å². The fourth-order valence-electron chi connectivity index (χ4n) is 3.18. The Morgan fingerprint density at radius 1 is 1.21 bits per heavy atom. The second kappa shape index (κ2) is 6.03. The van der Waals surface area contributed by atoms with E-state index in [2.05, 4.69) is 0 Å². The monoisotopic (exact) mass is 334 g/mol. The van der Waals surface area contributed by atoms with Crippen LogP contribution in [0.4, 0.5) is 4.79 Å². The Kier molecular flexibility index (Phi) is 4.04. The summed E-state index contributed by atoms with van der Waals surface area (Å²) in [5.41, 5.74) is 1.82. The fourth-order valence-corrected chi connectivity index (χ4v) is 3.18. The number of carbonyl (C=O) groups is 3. The highest BCUT2D eigenvalue weighted by atomic mass is 16.5. The van der Waals surface area contributed by atoms with Gasteiger partial charge in [-0.05, 0) is 23.3 Å². The first-order valence-electron chi connectivity index (χ1n) is 7.53. The van der Waals surface area contributed by atoms with Crippen LogP contribution >= 0.6 is 0 Å². The van der Waals surface area contributed by atoms with Crippen molar-refractivity contribution in [2.45, 2.75) is 25.4 Å². The first-order valence-corrected chi connectivity index (χ1v) is 7.53. The summed E-state index contributed by atoms with van der Waals surface area (Å²) >= 11 is 0. The number of amides is 3. The third-order valence-corrected chi connectivity index (χ3v) is 4.41. The molecule has 8 nitrogen and oxygen atoms in total. The van der Waals surface area contributed by atoms with E-state index in [1.807, 2.05) is 12.1 Å². The first kappa shape index (κ1) is 16.1. The molecule has 0 spiro atoms. The molecule has 2 aliphatic rings. The molecule has 0 bridgehead atoms. The van der Waals surface area contributed by atoms with Crippen molar-refractivity contribution in [2.75, 3.05) is 20.8 Å². The minimum absolute atomic E-state index is 0.108. The number of rotatable bonds is 5. The molecule has 0 radical (unpaired) electrons. The maximum Gasteiger partial charge on any atom is 0.327 e. The van der Waals surface area contributed by atoms with E-state index in [1.54, 1.807) is 0 Å². The normalized spacial score (nSPS) is 19.2. The highest BCUT2D eigenvalue weighted by Crippen LogP contribution is 2.37. The van der Waals surface area contributed by atoms with Crippen molar-refractivity contribution in [3.8, 4) is 11.5 Å². The molecular weight excluding hydrogens is 316 g/mol. The lowest BCUT2D eigenvalue weighted by atomic mass is 9.94. The fraction of sp³-hybridized carbons (Fsp3) is 0.438. The molecule has 1 aromatic rings. The molecule has 1 aromatic carbocycles. The molecule has 1 saturated heterocycles. The van der Waals surface area contributed by atoms with Gasteiger partial charge in [0.1, 0.15) is 6.04 Å². The molecule has 24 heavy (non-hydrogen) atoms. The Balaban J connectivity index is 1.88. The van der Waals surface area contributed by atoms with Crippen molar-refractivity contribution < 1.29 is 29.0 Å². The maximum absolute atomic E-state index is 12.5. The van der Waals surface area contributed by atoms with Gasteiger partial charge in [-0.3, -0.25) is 14.5 Å². The van der Waals surface area contributed by atoms with Crippen LogP contribution in [0.1, 0.15) is 17.5 Å². The molecule has 1 atom stereocenters. The van der Waals surface area contributed by atoms with Crippen LogP contribution in [0.3, 0.4) is 0 Å². The summed E-state index contributed by atoms with van der Waals surface area (Å²) in [7, 11) is 3.07. The summed E-state index contributed by atoms with van der Waals surface area (Å²) in [6.07, 6.45) is 0.121. The van der Waals surface area contributed by atoms with Gasteiger partial charge < -0.3 is 19.5 Å². The number of methoxy groups -OCH3 is 2. The van der Waals surface area contributed by atoms with Gasteiger partial charge in [-0.25, -0.2) is 4.79 Å². The predicted molar refractivity (Wildman–Crippen MR) is 81.9 cm³/mol. The van der Waals surface area contributed by atoms with Crippen molar-refractivity contribution in [3.63, 3.8) is 0 Å². The Morgan fingerprint density at radius 3 is 2.42 bits per heavy atom. The van der Waals surface area contributed by atoms with Crippen LogP contribution in [0.25, 0.3) is 0 Å². The lowest BCUT2D eigenvalue weighted by Gasteiger charge is -2.29. The van der Waals surface area contributed by atoms with Gasteiger partial charge in [0.05, 0.1) is 20.6 Å². The molecule has 0 aliphatic carbocycles. The number of carboxylic acids is 1. The zero-order valence-electron chi connectivity index (χ0n) is 13.4. The van der Waals surface area contributed by atoms with Gasteiger partial charge in [0.15, 0.2) is 11.5 Å². The van der Waals surface area contributed by atoms with Crippen LogP contribution in [0.15, 0.2) is 12.1 Å². The van der Waals surface area contributed by atoms with E-state index in [-0.39, 0.29) is 25.4 Å². The second-order valence-corrected chi connectivity index (χ2v) is 5.74. The van der Waals surface area contributed by atoms with Crippen LogP contribution in [-0.4, -0.2) is 59.6 Å². The number of urea groups is 1. The average Bonchev–Trinajstić information content (AvgIpc) is 2.80. The van der Waals surface area contributed by atoms with Crippen LogP contribution in [0, 0.1) is 0 Å². The number of benzene rings is 1. The number of aliphatic carboxylic acids is 1. The van der Waals surface area contributed by atoms with E-state index >= 15 is 0 Å². The van der Waals surface area contributed by atoms with Gasteiger partial charge in [-0.15, -0.1) is 0 Å². The molecule has 1 N–H and O–H groups in total. The van der Waals surface area contributed by atoms with Crippen molar-refractivity contribution in [3.05, 3.63) is 23.3 Å². The summed E-state index contributed by atoms with van der Waals surface area (Å²) in [6.45, 7) is 0.178. The molecule has 8 heteroatoms. The van der Waals surface area contributed by atoms with Crippen LogP contribution in [0.2, 0.25) is 0 Å². The standard InChI is InChI=1S/C16H18N2O6/c1-23-12-6-9-5-11-15(21)17(4-3-14(19)20)16(22)18(11)8-10(9)7-13(12)24-2/h6-7,11H,3-5,8H2,1-2H3,(H,19,20)/t11-/m1/s1. The maximum atomic E-state index is 12.5. The molecular formula is C16H18N2O6. The molecule has 2 aliphatic heterocycles. The summed E-state index contributed by atoms with van der Waals surface area (Å²) < 4.78 is 10.6. The number of hydrogen-bond acceptors (Lipinski definition) is 5. The third kappa shape index (κ3) is 2.53. The number of fused-ring (bicyclic) bond motifs is 2. The van der Waals surface area contributed by atoms with E-state index in [1.165, 1.54) is 19.1 Å². The quantitative estimate of drug-likeness (QED) is 0.803. The number of nitrogens with zero attached hydrogens (tertiary/aromatic N) is 2. The van der Waals surface area contributed by atoms with Crippen molar-refractivity contribution in [1.82, 2.24) is 9.80 Å². The molecule has 0 aromatic heterocycles. The zero-order valence-corrected chi connectivity index (χ0v) is 13.4. The predicted octanol–water partition coefficient (Wildman–Crippen LogP) is 0.867. The zero-order chi connectivity index (χ0) is 17.4. The molecule has 1 fully saturated rings. The summed E-state index contributed by atoms with van der Waals surface area (Å²) in [6, 6.07) is 2.61. The Labute approximate surface area is 138 Å². The van der Waals surface area contributed by atoms with E-state index in [4.69, 9.17) is 14.6 Å². The van der Waals surface area contributed by atoms with Gasteiger partial charge in [-0.2, -0.15) is 0 Å². The first-order chi connectivity index (χ1) is 11.5. The van der Waals surface area contributed by atoms with Gasteiger partial charge in [-0.1, -0.05) is 0 Å². The summed E-state index contributed by atoms with van der Waals surface area (Å²) in [5.74, 6) is -0.250. The summed E-state index contributed by atoms with van der Waals surface area (Å²) in [5, 5.41) is 8.77. The largest absolute Gasteiger partial charge is 0.493 e. The van der Waals surface area contributed by atoms with Crippen LogP contribution in [0.5, 0.6) is 11.5 Å². The molecule has 0 saturated carbocycles. The van der Waals surface area contributed by atoms with Gasteiger partial charge in [0, 0.05) is 19.5 Å². The van der Waals surface area contributed by atoms with Crippen LogP contribution < -0.4 is 9.47 Å². The minimum Gasteiger partial charge on any atom is -0.493 e. The number of carboxylic acid groups (broad SMARTS) is 1. The van der Waals surface area contributed by atoms with Crippen molar-refractivity contribution in [2.24, 2.45) is 0 Å². The number of imide groups is 1. The van der Waals surface area contributed by atoms with Gasteiger partial charge >= 0.3 is 12.0 Å². The topological polar surface area (TPSA) is 96.4 Å². The molecule has 0 unspecified atom stereocenters. The number of ether oxygens (including phenoxy) is 2. The van der Waals surface area contributed by atoms with E-state index < -0.39 is 18.0 Å². The smallest absolute Gasteiger partial charge is 0.327 e. The molecule has 2 heterocycles. The third-order valence-electron chi connectivity index (χ3n) is 4.41.